The Balaban J connectivity index is 2.14. The maximum Gasteiger partial charge on any atom is 0.175 e. The van der Waals surface area contributed by atoms with Gasteiger partial charge in [0.2, 0.25) is 0 Å². The molecule has 0 saturated carbocycles. The van der Waals surface area contributed by atoms with E-state index in [0.29, 0.717) is 16.5 Å². The van der Waals surface area contributed by atoms with Gasteiger partial charge < -0.3 is 0 Å². The molecule has 1 atom stereocenters. The second-order valence-electron chi connectivity index (χ2n) is 5.67. The average molecular weight is 356 g/mol. The molecule has 0 amide bonds. The Labute approximate surface area is 141 Å². The van der Waals surface area contributed by atoms with Crippen molar-refractivity contribution in [3.8, 4) is 0 Å². The fourth-order valence-electron chi connectivity index (χ4n) is 2.30. The van der Waals surface area contributed by atoms with Crippen LogP contribution in [0.1, 0.15) is 24.1 Å². The topological polar surface area (TPSA) is 37.4 Å². The van der Waals surface area contributed by atoms with E-state index in [0.717, 1.165) is 11.1 Å². The van der Waals surface area contributed by atoms with Crippen LogP contribution < -0.4 is 0 Å². The van der Waals surface area contributed by atoms with E-state index in [2.05, 4.69) is 4.90 Å². The van der Waals surface area contributed by atoms with Gasteiger partial charge in [0.1, 0.15) is 5.82 Å². The lowest BCUT2D eigenvalue weighted by Crippen LogP contribution is -2.22. The van der Waals surface area contributed by atoms with Crippen molar-refractivity contribution < 1.29 is 12.8 Å². The molecule has 0 heterocycles. The molecule has 0 aliphatic heterocycles. The maximum atomic E-state index is 13.1. The molecule has 0 fully saturated rings. The Morgan fingerprint density at radius 1 is 1.17 bits per heavy atom. The van der Waals surface area contributed by atoms with Crippen LogP contribution in [0.15, 0.2) is 47.4 Å². The van der Waals surface area contributed by atoms with E-state index in [1.54, 1.807) is 18.2 Å². The number of sulfone groups is 1. The highest BCUT2D eigenvalue weighted by molar-refractivity contribution is 7.90. The first-order chi connectivity index (χ1) is 10.7. The van der Waals surface area contributed by atoms with E-state index in [4.69, 9.17) is 11.6 Å². The second-order valence-corrected chi connectivity index (χ2v) is 8.09. The van der Waals surface area contributed by atoms with Crippen LogP contribution in [0.3, 0.4) is 0 Å². The molecule has 2 aromatic carbocycles. The smallest absolute Gasteiger partial charge is 0.175 e. The summed E-state index contributed by atoms with van der Waals surface area (Å²) >= 11 is 6.06. The standard InChI is InChI=1S/C17H19ClFNO2S/c1-12(13-5-8-16(9-6-13)23(3,21)22)20(2)11-14-4-7-15(19)10-17(14)18/h4-10,12H,11H2,1-3H3/t12-/m1/s1. The minimum Gasteiger partial charge on any atom is -0.295 e. The predicted octanol–water partition coefficient (Wildman–Crippen LogP) is 4.08. The monoisotopic (exact) mass is 355 g/mol. The minimum atomic E-state index is -3.19. The van der Waals surface area contributed by atoms with Gasteiger partial charge in [-0.15, -0.1) is 0 Å². The zero-order valence-electron chi connectivity index (χ0n) is 13.3. The Bertz CT molecular complexity index is 791. The SMILES string of the molecule is C[C@H](c1ccc(S(C)(=O)=O)cc1)N(C)Cc1ccc(F)cc1Cl. The third-order valence-electron chi connectivity index (χ3n) is 3.89. The first-order valence-corrected chi connectivity index (χ1v) is 9.39. The number of benzene rings is 2. The van der Waals surface area contributed by atoms with Crippen LogP contribution >= 0.6 is 11.6 Å². The summed E-state index contributed by atoms with van der Waals surface area (Å²) in [5.74, 6) is -0.356. The van der Waals surface area contributed by atoms with Crippen molar-refractivity contribution in [2.24, 2.45) is 0 Å². The predicted molar refractivity (Wildman–Crippen MR) is 90.8 cm³/mol. The Morgan fingerprint density at radius 2 is 1.78 bits per heavy atom. The van der Waals surface area contributed by atoms with Crippen LogP contribution in [0.2, 0.25) is 5.02 Å². The van der Waals surface area contributed by atoms with Gasteiger partial charge in [0.15, 0.2) is 9.84 Å². The van der Waals surface area contributed by atoms with Crippen molar-refractivity contribution in [2.45, 2.75) is 24.4 Å². The van der Waals surface area contributed by atoms with Gasteiger partial charge in [-0.25, -0.2) is 12.8 Å². The van der Waals surface area contributed by atoms with E-state index in [-0.39, 0.29) is 11.9 Å². The summed E-state index contributed by atoms with van der Waals surface area (Å²) in [6.45, 7) is 2.58. The summed E-state index contributed by atoms with van der Waals surface area (Å²) in [7, 11) is -1.25. The molecule has 6 heteroatoms. The summed E-state index contributed by atoms with van der Waals surface area (Å²) in [6.07, 6.45) is 1.19. The van der Waals surface area contributed by atoms with E-state index < -0.39 is 9.84 Å². The van der Waals surface area contributed by atoms with Crippen molar-refractivity contribution in [2.75, 3.05) is 13.3 Å². The van der Waals surface area contributed by atoms with Crippen molar-refractivity contribution in [1.82, 2.24) is 4.90 Å². The van der Waals surface area contributed by atoms with Gasteiger partial charge in [0.25, 0.3) is 0 Å². The molecule has 23 heavy (non-hydrogen) atoms. The van der Waals surface area contributed by atoms with Crippen LogP contribution in [0.5, 0.6) is 0 Å². The fourth-order valence-corrected chi connectivity index (χ4v) is 3.16. The van der Waals surface area contributed by atoms with Crippen molar-refractivity contribution in [1.29, 1.82) is 0 Å². The van der Waals surface area contributed by atoms with Crippen LogP contribution in [-0.2, 0) is 16.4 Å². The van der Waals surface area contributed by atoms with Crippen LogP contribution in [0.25, 0.3) is 0 Å². The highest BCUT2D eigenvalue weighted by Crippen LogP contribution is 2.25. The van der Waals surface area contributed by atoms with Gasteiger partial charge in [-0.2, -0.15) is 0 Å². The first-order valence-electron chi connectivity index (χ1n) is 7.12. The normalized spacial score (nSPS) is 13.3. The molecule has 0 radical (unpaired) electrons. The van der Waals surface area contributed by atoms with E-state index >= 15 is 0 Å². The quantitative estimate of drug-likeness (QED) is 0.811. The second kappa shape index (κ2) is 6.99. The maximum absolute atomic E-state index is 13.1. The number of hydrogen-bond acceptors (Lipinski definition) is 3. The molecule has 0 unspecified atom stereocenters. The molecular formula is C17H19ClFNO2S. The number of rotatable bonds is 5. The van der Waals surface area contributed by atoms with Crippen LogP contribution in [0.4, 0.5) is 4.39 Å². The zero-order chi connectivity index (χ0) is 17.2. The third kappa shape index (κ3) is 4.53. The van der Waals surface area contributed by atoms with Gasteiger partial charge in [-0.1, -0.05) is 29.8 Å². The Hall–Kier alpha value is -1.43. The van der Waals surface area contributed by atoms with Gasteiger partial charge in [-0.05, 0) is 49.4 Å². The molecular weight excluding hydrogens is 337 g/mol. The zero-order valence-corrected chi connectivity index (χ0v) is 14.8. The highest BCUT2D eigenvalue weighted by atomic mass is 35.5. The summed E-state index contributed by atoms with van der Waals surface area (Å²) in [5, 5.41) is 0.400. The highest BCUT2D eigenvalue weighted by Gasteiger charge is 2.15. The van der Waals surface area contributed by atoms with Crippen LogP contribution in [0, 0.1) is 5.82 Å². The fraction of sp³-hybridized carbons (Fsp3) is 0.294. The third-order valence-corrected chi connectivity index (χ3v) is 5.37. The first kappa shape index (κ1) is 17.9. The molecule has 0 N–H and O–H groups in total. The van der Waals surface area contributed by atoms with Crippen molar-refractivity contribution in [3.63, 3.8) is 0 Å². The van der Waals surface area contributed by atoms with Gasteiger partial charge >= 0.3 is 0 Å². The molecule has 0 aliphatic rings. The molecule has 124 valence electrons. The summed E-state index contributed by atoms with van der Waals surface area (Å²) in [5.41, 5.74) is 1.84. The molecule has 0 aliphatic carbocycles. The molecule has 2 rings (SSSR count). The Kier molecular flexibility index (Phi) is 5.45. The number of hydrogen-bond donors (Lipinski definition) is 0. The Morgan fingerprint density at radius 3 is 2.30 bits per heavy atom. The average Bonchev–Trinajstić information content (AvgIpc) is 2.48. The lowest BCUT2D eigenvalue weighted by Gasteiger charge is -2.25. The molecule has 0 spiro atoms. The largest absolute Gasteiger partial charge is 0.295 e. The molecule has 0 saturated heterocycles. The van der Waals surface area contributed by atoms with Gasteiger partial charge in [0.05, 0.1) is 4.90 Å². The van der Waals surface area contributed by atoms with Gasteiger partial charge in [0, 0.05) is 23.9 Å². The van der Waals surface area contributed by atoms with E-state index in [1.807, 2.05) is 26.1 Å². The minimum absolute atomic E-state index is 0.0599. The number of nitrogens with zero attached hydrogens (tertiary/aromatic N) is 1. The molecule has 2 aromatic rings. The summed E-state index contributed by atoms with van der Waals surface area (Å²) < 4.78 is 36.1. The summed E-state index contributed by atoms with van der Waals surface area (Å²) in [6, 6.07) is 11.3. The lowest BCUT2D eigenvalue weighted by atomic mass is 10.1. The lowest BCUT2D eigenvalue weighted by molar-refractivity contribution is 0.253. The van der Waals surface area contributed by atoms with E-state index in [9.17, 15) is 12.8 Å². The number of halogens is 2. The van der Waals surface area contributed by atoms with Crippen molar-refractivity contribution in [3.05, 3.63) is 64.4 Å². The summed E-state index contributed by atoms with van der Waals surface area (Å²) in [4.78, 5) is 2.37. The van der Waals surface area contributed by atoms with Gasteiger partial charge in [-0.3, -0.25) is 4.90 Å². The van der Waals surface area contributed by atoms with Crippen LogP contribution in [-0.4, -0.2) is 26.6 Å². The molecule has 3 nitrogen and oxygen atoms in total. The molecule has 0 aromatic heterocycles. The molecule has 0 bridgehead atoms. The van der Waals surface area contributed by atoms with Crippen molar-refractivity contribution >= 4 is 21.4 Å². The van der Waals surface area contributed by atoms with E-state index in [1.165, 1.54) is 18.4 Å².